The molecule has 0 radical (unpaired) electrons. The molecule has 0 bridgehead atoms. The van der Waals surface area contributed by atoms with Crippen molar-refractivity contribution in [2.75, 3.05) is 0 Å². The lowest BCUT2D eigenvalue weighted by atomic mass is 10.1. The van der Waals surface area contributed by atoms with Crippen LogP contribution in [0.15, 0.2) is 30.3 Å². The Labute approximate surface area is 83.3 Å². The molecule has 0 atom stereocenters. The zero-order valence-corrected chi connectivity index (χ0v) is 8.36. The third-order valence-electron chi connectivity index (χ3n) is 1.71. The molecule has 0 saturated heterocycles. The van der Waals surface area contributed by atoms with E-state index in [1.807, 2.05) is 30.3 Å². The number of benzene rings is 1. The summed E-state index contributed by atoms with van der Waals surface area (Å²) in [5.74, 6) is -0.162. The smallest absolute Gasteiger partial charge is 0.307 e. The van der Waals surface area contributed by atoms with E-state index in [0.717, 1.165) is 0 Å². The number of carboxylic acid groups (broad SMARTS) is 1. The van der Waals surface area contributed by atoms with Gasteiger partial charge in [-0.1, -0.05) is 18.2 Å². The van der Waals surface area contributed by atoms with E-state index in [9.17, 15) is 4.79 Å². The second kappa shape index (κ2) is 4.13. The highest BCUT2D eigenvalue weighted by Crippen LogP contribution is 2.20. The second-order valence-corrected chi connectivity index (χ2v) is 3.75. The molecule has 0 aromatic heterocycles. The van der Waals surface area contributed by atoms with Crippen molar-refractivity contribution in [3.05, 3.63) is 30.3 Å². The number of para-hydroxylation sites is 1. The minimum absolute atomic E-state index is 0.0120. The monoisotopic (exact) mass is 194 g/mol. The summed E-state index contributed by atoms with van der Waals surface area (Å²) in [5.41, 5.74) is -0.673. The van der Waals surface area contributed by atoms with Gasteiger partial charge in [0.2, 0.25) is 0 Å². The van der Waals surface area contributed by atoms with Gasteiger partial charge in [0.15, 0.2) is 0 Å². The first-order valence-corrected chi connectivity index (χ1v) is 4.45. The average Bonchev–Trinajstić information content (AvgIpc) is 2.02. The summed E-state index contributed by atoms with van der Waals surface area (Å²) in [6.07, 6.45) is -0.0120. The number of carboxylic acids is 1. The first-order chi connectivity index (χ1) is 6.49. The van der Waals surface area contributed by atoms with Crippen molar-refractivity contribution in [2.45, 2.75) is 25.9 Å². The third kappa shape index (κ3) is 3.47. The third-order valence-corrected chi connectivity index (χ3v) is 1.71. The molecule has 1 aromatic rings. The Morgan fingerprint density at radius 1 is 1.36 bits per heavy atom. The Bertz CT molecular complexity index is 304. The van der Waals surface area contributed by atoms with Crippen LogP contribution >= 0.6 is 0 Å². The van der Waals surface area contributed by atoms with Crippen LogP contribution in [-0.4, -0.2) is 16.7 Å². The highest BCUT2D eigenvalue weighted by molar-refractivity contribution is 5.68. The van der Waals surface area contributed by atoms with Crippen molar-refractivity contribution < 1.29 is 14.6 Å². The van der Waals surface area contributed by atoms with E-state index in [1.165, 1.54) is 0 Å². The molecule has 0 unspecified atom stereocenters. The first-order valence-electron chi connectivity index (χ1n) is 4.45. The predicted octanol–water partition coefficient (Wildman–Crippen LogP) is 2.32. The topological polar surface area (TPSA) is 46.5 Å². The molecule has 0 aliphatic heterocycles. The normalized spacial score (nSPS) is 11.0. The summed E-state index contributed by atoms with van der Waals surface area (Å²) in [7, 11) is 0. The van der Waals surface area contributed by atoms with Gasteiger partial charge in [0.25, 0.3) is 0 Å². The Hall–Kier alpha value is -1.51. The molecule has 0 aliphatic rings. The van der Waals surface area contributed by atoms with Crippen LogP contribution in [-0.2, 0) is 4.79 Å². The van der Waals surface area contributed by atoms with Gasteiger partial charge in [-0.25, -0.2) is 0 Å². The van der Waals surface area contributed by atoms with E-state index in [1.54, 1.807) is 13.8 Å². The van der Waals surface area contributed by atoms with Crippen molar-refractivity contribution >= 4 is 5.97 Å². The molecule has 3 heteroatoms. The van der Waals surface area contributed by atoms with E-state index in [0.29, 0.717) is 5.75 Å². The Morgan fingerprint density at radius 2 is 1.93 bits per heavy atom. The summed E-state index contributed by atoms with van der Waals surface area (Å²) in [6.45, 7) is 3.52. The maximum absolute atomic E-state index is 10.5. The first kappa shape index (κ1) is 10.6. The lowest BCUT2D eigenvalue weighted by Gasteiger charge is -2.24. The molecule has 0 saturated carbocycles. The van der Waals surface area contributed by atoms with Crippen LogP contribution in [0.25, 0.3) is 0 Å². The fourth-order valence-corrected chi connectivity index (χ4v) is 1.21. The van der Waals surface area contributed by atoms with Crippen molar-refractivity contribution in [3.8, 4) is 5.75 Å². The molecule has 14 heavy (non-hydrogen) atoms. The number of hydrogen-bond acceptors (Lipinski definition) is 2. The van der Waals surface area contributed by atoms with Crippen molar-refractivity contribution in [2.24, 2.45) is 0 Å². The van der Waals surface area contributed by atoms with Crippen LogP contribution in [0.3, 0.4) is 0 Å². The van der Waals surface area contributed by atoms with Crippen LogP contribution in [0.4, 0.5) is 0 Å². The van der Waals surface area contributed by atoms with Crippen molar-refractivity contribution in [1.29, 1.82) is 0 Å². The van der Waals surface area contributed by atoms with Gasteiger partial charge in [-0.3, -0.25) is 4.79 Å². The van der Waals surface area contributed by atoms with Gasteiger partial charge in [0.05, 0.1) is 6.42 Å². The molecule has 1 rings (SSSR count). The molecule has 1 aromatic carbocycles. The summed E-state index contributed by atoms with van der Waals surface area (Å²) >= 11 is 0. The molecular formula is C11H14O3. The molecule has 0 aliphatic carbocycles. The van der Waals surface area contributed by atoms with Gasteiger partial charge in [0.1, 0.15) is 11.4 Å². The molecular weight excluding hydrogens is 180 g/mol. The Balaban J connectivity index is 2.63. The highest BCUT2D eigenvalue weighted by Gasteiger charge is 2.23. The molecule has 76 valence electrons. The van der Waals surface area contributed by atoms with Gasteiger partial charge < -0.3 is 9.84 Å². The van der Waals surface area contributed by atoms with E-state index in [-0.39, 0.29) is 6.42 Å². The van der Waals surface area contributed by atoms with Crippen LogP contribution in [0, 0.1) is 0 Å². The van der Waals surface area contributed by atoms with Gasteiger partial charge in [-0.2, -0.15) is 0 Å². The molecule has 0 heterocycles. The SMILES string of the molecule is CC(C)(CC(=O)O)Oc1ccccc1. The lowest BCUT2D eigenvalue weighted by molar-refractivity contribution is -0.140. The van der Waals surface area contributed by atoms with Gasteiger partial charge in [-0.15, -0.1) is 0 Å². The fraction of sp³-hybridized carbons (Fsp3) is 0.364. The van der Waals surface area contributed by atoms with Crippen LogP contribution in [0.1, 0.15) is 20.3 Å². The van der Waals surface area contributed by atoms with Crippen molar-refractivity contribution in [3.63, 3.8) is 0 Å². The van der Waals surface area contributed by atoms with E-state index < -0.39 is 11.6 Å². The summed E-state index contributed by atoms with van der Waals surface area (Å²) < 4.78 is 5.53. The minimum Gasteiger partial charge on any atom is -0.487 e. The predicted molar refractivity (Wildman–Crippen MR) is 53.4 cm³/mol. The lowest BCUT2D eigenvalue weighted by Crippen LogP contribution is -2.31. The van der Waals surface area contributed by atoms with Crippen LogP contribution in [0.5, 0.6) is 5.75 Å². The van der Waals surface area contributed by atoms with E-state index in [2.05, 4.69) is 0 Å². The molecule has 0 spiro atoms. The molecule has 3 nitrogen and oxygen atoms in total. The molecule has 0 amide bonds. The van der Waals surface area contributed by atoms with Gasteiger partial charge >= 0.3 is 5.97 Å². The fourth-order valence-electron chi connectivity index (χ4n) is 1.21. The van der Waals surface area contributed by atoms with E-state index >= 15 is 0 Å². The minimum atomic E-state index is -0.856. The summed E-state index contributed by atoms with van der Waals surface area (Å²) in [5, 5.41) is 8.65. The average molecular weight is 194 g/mol. The zero-order valence-electron chi connectivity index (χ0n) is 8.36. The highest BCUT2D eigenvalue weighted by atomic mass is 16.5. The van der Waals surface area contributed by atoms with Gasteiger partial charge in [-0.05, 0) is 26.0 Å². The standard InChI is InChI=1S/C11H14O3/c1-11(2,8-10(12)13)14-9-6-4-3-5-7-9/h3-7H,8H2,1-2H3,(H,12,13). The quantitative estimate of drug-likeness (QED) is 0.800. The largest absolute Gasteiger partial charge is 0.487 e. The summed E-state index contributed by atoms with van der Waals surface area (Å²) in [4.78, 5) is 10.5. The van der Waals surface area contributed by atoms with Gasteiger partial charge in [0, 0.05) is 0 Å². The zero-order chi connectivity index (χ0) is 10.6. The van der Waals surface area contributed by atoms with E-state index in [4.69, 9.17) is 9.84 Å². The maximum atomic E-state index is 10.5. The Kier molecular flexibility index (Phi) is 3.12. The van der Waals surface area contributed by atoms with Crippen molar-refractivity contribution in [1.82, 2.24) is 0 Å². The molecule has 1 N–H and O–H groups in total. The molecule has 0 fully saturated rings. The second-order valence-electron chi connectivity index (χ2n) is 3.75. The van der Waals surface area contributed by atoms with Crippen LogP contribution < -0.4 is 4.74 Å². The summed E-state index contributed by atoms with van der Waals surface area (Å²) in [6, 6.07) is 9.21. The number of ether oxygens (including phenoxy) is 1. The number of hydrogen-bond donors (Lipinski definition) is 1. The Morgan fingerprint density at radius 3 is 2.43 bits per heavy atom. The number of aliphatic carboxylic acids is 1. The number of carbonyl (C=O) groups is 1. The van der Waals surface area contributed by atoms with Crippen LogP contribution in [0.2, 0.25) is 0 Å². The maximum Gasteiger partial charge on any atom is 0.307 e. The number of rotatable bonds is 4.